The van der Waals surface area contributed by atoms with Crippen LogP contribution in [0.4, 0.5) is 0 Å². The fraction of sp³-hybridized carbons (Fsp3) is 0.478. The topological polar surface area (TPSA) is 54.8 Å². The minimum atomic E-state index is -0.162. The van der Waals surface area contributed by atoms with E-state index < -0.39 is 0 Å². The Kier molecular flexibility index (Phi) is 6.96. The van der Waals surface area contributed by atoms with Crippen molar-refractivity contribution in [3.05, 3.63) is 54.4 Å². The number of hydrogen-bond acceptors (Lipinski definition) is 3. The molecule has 6 heteroatoms. The summed E-state index contributed by atoms with van der Waals surface area (Å²) < 4.78 is 7.65. The van der Waals surface area contributed by atoms with E-state index in [0.717, 1.165) is 18.5 Å². The molecule has 29 heavy (non-hydrogen) atoms. The number of nitrogens with zero attached hydrogens (tertiary/aromatic N) is 3. The van der Waals surface area contributed by atoms with E-state index in [1.807, 2.05) is 79.0 Å². The van der Waals surface area contributed by atoms with Gasteiger partial charge in [-0.15, -0.1) is 0 Å². The summed E-state index contributed by atoms with van der Waals surface area (Å²) >= 11 is 0. The standard InChI is InChI=1S/C23H31N3O3/c1-18(2)14-25(23(28)17-29-21-9-5-4-6-10-21)16-22(27)26(19-11-12-19)15-20-8-7-13-24(20)3/h4-10,13,18-19H,11-12,14-17H2,1-3H3. The van der Waals surface area contributed by atoms with Crippen molar-refractivity contribution in [2.24, 2.45) is 13.0 Å². The van der Waals surface area contributed by atoms with Crippen LogP contribution >= 0.6 is 0 Å². The van der Waals surface area contributed by atoms with Crippen LogP contribution in [0.15, 0.2) is 48.7 Å². The molecule has 2 aromatic rings. The summed E-state index contributed by atoms with van der Waals surface area (Å²) in [7, 11) is 1.99. The van der Waals surface area contributed by atoms with Gasteiger partial charge in [0.2, 0.25) is 5.91 Å². The number of ether oxygens (including phenoxy) is 1. The molecule has 6 nitrogen and oxygen atoms in total. The van der Waals surface area contributed by atoms with Crippen LogP contribution in [0.2, 0.25) is 0 Å². The Labute approximate surface area is 173 Å². The summed E-state index contributed by atoms with van der Waals surface area (Å²) in [6.45, 7) is 5.24. The molecule has 0 atom stereocenters. The van der Waals surface area contributed by atoms with E-state index in [2.05, 4.69) is 0 Å². The minimum absolute atomic E-state index is 0.00223. The van der Waals surface area contributed by atoms with Gasteiger partial charge in [0.05, 0.1) is 13.1 Å². The molecule has 0 aliphatic heterocycles. The fourth-order valence-corrected chi connectivity index (χ4v) is 3.34. The molecule has 0 N–H and O–H groups in total. The van der Waals surface area contributed by atoms with Crippen LogP contribution < -0.4 is 4.74 Å². The van der Waals surface area contributed by atoms with Gasteiger partial charge in [-0.1, -0.05) is 32.0 Å². The second-order valence-electron chi connectivity index (χ2n) is 8.13. The highest BCUT2D eigenvalue weighted by atomic mass is 16.5. The maximum absolute atomic E-state index is 13.1. The Balaban J connectivity index is 1.63. The Morgan fingerprint density at radius 3 is 2.41 bits per heavy atom. The summed E-state index contributed by atoms with van der Waals surface area (Å²) in [5.74, 6) is 0.763. The number of rotatable bonds is 10. The van der Waals surface area contributed by atoms with Gasteiger partial charge in [0, 0.05) is 31.5 Å². The minimum Gasteiger partial charge on any atom is -0.484 e. The highest BCUT2D eigenvalue weighted by Gasteiger charge is 2.34. The van der Waals surface area contributed by atoms with Gasteiger partial charge in [-0.3, -0.25) is 9.59 Å². The molecule has 0 saturated heterocycles. The first-order valence-corrected chi connectivity index (χ1v) is 10.3. The summed E-state index contributed by atoms with van der Waals surface area (Å²) in [6, 6.07) is 13.6. The molecule has 1 saturated carbocycles. The lowest BCUT2D eigenvalue weighted by atomic mass is 10.2. The van der Waals surface area contributed by atoms with Crippen LogP contribution in [0, 0.1) is 5.92 Å². The number of carbonyl (C=O) groups is 2. The van der Waals surface area contributed by atoms with Gasteiger partial charge in [0.1, 0.15) is 5.75 Å². The van der Waals surface area contributed by atoms with E-state index in [-0.39, 0.29) is 36.9 Å². The van der Waals surface area contributed by atoms with E-state index in [1.165, 1.54) is 0 Å². The van der Waals surface area contributed by atoms with Crippen molar-refractivity contribution in [2.75, 3.05) is 19.7 Å². The van der Waals surface area contributed by atoms with E-state index in [1.54, 1.807) is 4.90 Å². The molecule has 1 fully saturated rings. The lowest BCUT2D eigenvalue weighted by Crippen LogP contribution is -2.46. The number of hydrogen-bond donors (Lipinski definition) is 0. The summed E-state index contributed by atoms with van der Waals surface area (Å²) in [6.07, 6.45) is 4.05. The van der Waals surface area contributed by atoms with E-state index in [4.69, 9.17) is 4.74 Å². The van der Waals surface area contributed by atoms with Crippen LogP contribution in [0.25, 0.3) is 0 Å². The van der Waals surface area contributed by atoms with Crippen molar-refractivity contribution in [2.45, 2.75) is 39.3 Å². The van der Waals surface area contributed by atoms with Gasteiger partial charge >= 0.3 is 0 Å². The second kappa shape index (κ2) is 9.63. The SMILES string of the molecule is CC(C)CN(CC(=O)N(Cc1cccn1C)C1CC1)C(=O)COc1ccccc1. The summed E-state index contributed by atoms with van der Waals surface area (Å²) in [4.78, 5) is 29.5. The lowest BCUT2D eigenvalue weighted by Gasteiger charge is -2.29. The van der Waals surface area contributed by atoms with Crippen LogP contribution in [-0.2, 0) is 23.2 Å². The average Bonchev–Trinajstić information content (AvgIpc) is 3.46. The molecule has 0 spiro atoms. The van der Waals surface area contributed by atoms with Gasteiger partial charge in [0.15, 0.2) is 6.61 Å². The van der Waals surface area contributed by atoms with Gasteiger partial charge in [-0.25, -0.2) is 0 Å². The van der Waals surface area contributed by atoms with Crippen LogP contribution in [-0.4, -0.2) is 51.9 Å². The van der Waals surface area contributed by atoms with Gasteiger partial charge in [-0.05, 0) is 43.0 Å². The number of para-hydroxylation sites is 1. The molecule has 1 aliphatic carbocycles. The van der Waals surface area contributed by atoms with E-state index in [0.29, 0.717) is 18.8 Å². The van der Waals surface area contributed by atoms with Crippen LogP contribution in [0.1, 0.15) is 32.4 Å². The molecule has 0 bridgehead atoms. The fourth-order valence-electron chi connectivity index (χ4n) is 3.34. The van der Waals surface area contributed by atoms with Crippen molar-refractivity contribution in [1.29, 1.82) is 0 Å². The van der Waals surface area contributed by atoms with Crippen molar-refractivity contribution < 1.29 is 14.3 Å². The maximum atomic E-state index is 13.1. The Morgan fingerprint density at radius 2 is 1.83 bits per heavy atom. The largest absolute Gasteiger partial charge is 0.484 e. The number of aromatic nitrogens is 1. The van der Waals surface area contributed by atoms with E-state index >= 15 is 0 Å². The zero-order valence-electron chi connectivity index (χ0n) is 17.6. The molecule has 156 valence electrons. The van der Waals surface area contributed by atoms with Crippen molar-refractivity contribution in [3.8, 4) is 5.75 Å². The lowest BCUT2D eigenvalue weighted by molar-refractivity contribution is -0.142. The van der Waals surface area contributed by atoms with Gasteiger partial charge in [0.25, 0.3) is 5.91 Å². The molecule has 1 heterocycles. The molecular formula is C23H31N3O3. The third-order valence-electron chi connectivity index (χ3n) is 5.06. The number of amides is 2. The first kappa shape index (κ1) is 21.0. The van der Waals surface area contributed by atoms with Gasteiger partial charge < -0.3 is 19.1 Å². The normalized spacial score (nSPS) is 13.4. The monoisotopic (exact) mass is 397 g/mol. The highest BCUT2D eigenvalue weighted by molar-refractivity contribution is 5.85. The average molecular weight is 398 g/mol. The second-order valence-corrected chi connectivity index (χ2v) is 8.13. The molecular weight excluding hydrogens is 366 g/mol. The van der Waals surface area contributed by atoms with Crippen molar-refractivity contribution in [3.63, 3.8) is 0 Å². The summed E-state index contributed by atoms with van der Waals surface area (Å²) in [5.41, 5.74) is 1.10. The third-order valence-corrected chi connectivity index (χ3v) is 5.06. The molecule has 1 aromatic heterocycles. The molecule has 1 aromatic carbocycles. The molecule has 3 rings (SSSR count). The maximum Gasteiger partial charge on any atom is 0.260 e. The third kappa shape index (κ3) is 6.11. The first-order chi connectivity index (χ1) is 13.9. The van der Waals surface area contributed by atoms with E-state index in [9.17, 15) is 9.59 Å². The predicted octanol–water partition coefficient (Wildman–Crippen LogP) is 3.08. The summed E-state index contributed by atoms with van der Waals surface area (Å²) in [5, 5.41) is 0. The van der Waals surface area contributed by atoms with Crippen molar-refractivity contribution >= 4 is 11.8 Å². The Bertz CT molecular complexity index is 812. The highest BCUT2D eigenvalue weighted by Crippen LogP contribution is 2.28. The smallest absolute Gasteiger partial charge is 0.260 e. The molecule has 0 unspecified atom stereocenters. The zero-order valence-corrected chi connectivity index (χ0v) is 17.6. The Morgan fingerprint density at radius 1 is 1.10 bits per heavy atom. The zero-order chi connectivity index (χ0) is 20.8. The van der Waals surface area contributed by atoms with Crippen molar-refractivity contribution in [1.82, 2.24) is 14.4 Å². The van der Waals surface area contributed by atoms with Crippen LogP contribution in [0.5, 0.6) is 5.75 Å². The van der Waals surface area contributed by atoms with Gasteiger partial charge in [-0.2, -0.15) is 0 Å². The Hall–Kier alpha value is -2.76. The predicted molar refractivity (Wildman–Crippen MR) is 112 cm³/mol. The quantitative estimate of drug-likeness (QED) is 0.619. The van der Waals surface area contributed by atoms with Crippen LogP contribution in [0.3, 0.4) is 0 Å². The molecule has 1 aliphatic rings. The number of benzene rings is 1. The number of carbonyl (C=O) groups excluding carboxylic acids is 2. The first-order valence-electron chi connectivity index (χ1n) is 10.3. The number of aryl methyl sites for hydroxylation is 1. The molecule has 0 radical (unpaired) electrons. The molecule has 2 amide bonds.